The molecule has 2 nitrogen and oxygen atoms in total. The number of nitrogens with two attached hydrogens (primary N) is 1. The predicted molar refractivity (Wildman–Crippen MR) is 88.1 cm³/mol. The Kier molecular flexibility index (Phi) is 5.35. The van der Waals surface area contributed by atoms with E-state index in [2.05, 4.69) is 62.1 Å². The van der Waals surface area contributed by atoms with Gasteiger partial charge in [-0.3, -0.25) is 4.90 Å². The van der Waals surface area contributed by atoms with Crippen molar-refractivity contribution in [3.05, 3.63) is 57.3 Å². The Hall–Kier alpha value is -1.16. The Morgan fingerprint density at radius 2 is 1.90 bits per heavy atom. The summed E-state index contributed by atoms with van der Waals surface area (Å²) in [6, 6.07) is 13.3. The van der Waals surface area contributed by atoms with Gasteiger partial charge in [0.25, 0.3) is 0 Å². The standard InChI is InChI=1S/C17H24N2S/c1-4-19(12-15-8-6-5-7-13(15)2)16(11-18)17-10-9-14(3)20-17/h5-10,16H,4,11-12,18H2,1-3H3. The normalized spacial score (nSPS) is 12.8. The fraction of sp³-hybridized carbons (Fsp3) is 0.412. The number of likely N-dealkylation sites (N-methyl/N-ethyl adjacent to an activating group) is 1. The molecule has 0 fully saturated rings. The van der Waals surface area contributed by atoms with Crippen molar-refractivity contribution in [2.75, 3.05) is 13.1 Å². The fourth-order valence-electron chi connectivity index (χ4n) is 2.53. The largest absolute Gasteiger partial charge is 0.329 e. The average molecular weight is 288 g/mol. The van der Waals surface area contributed by atoms with Crippen LogP contribution in [-0.4, -0.2) is 18.0 Å². The van der Waals surface area contributed by atoms with Crippen LogP contribution < -0.4 is 5.73 Å². The molecule has 2 N–H and O–H groups in total. The Labute approximate surface area is 126 Å². The lowest BCUT2D eigenvalue weighted by atomic mass is 10.1. The van der Waals surface area contributed by atoms with Crippen molar-refractivity contribution in [2.45, 2.75) is 33.4 Å². The number of hydrogen-bond donors (Lipinski definition) is 1. The number of hydrogen-bond acceptors (Lipinski definition) is 3. The van der Waals surface area contributed by atoms with Crippen molar-refractivity contribution in [3.8, 4) is 0 Å². The molecule has 1 aromatic heterocycles. The number of rotatable bonds is 6. The molecule has 1 atom stereocenters. The minimum absolute atomic E-state index is 0.318. The monoisotopic (exact) mass is 288 g/mol. The second kappa shape index (κ2) is 7.02. The van der Waals surface area contributed by atoms with Crippen LogP contribution in [0.3, 0.4) is 0 Å². The van der Waals surface area contributed by atoms with Gasteiger partial charge in [-0.25, -0.2) is 0 Å². The topological polar surface area (TPSA) is 29.3 Å². The van der Waals surface area contributed by atoms with E-state index in [1.54, 1.807) is 0 Å². The minimum Gasteiger partial charge on any atom is -0.329 e. The third-order valence-corrected chi connectivity index (χ3v) is 4.90. The van der Waals surface area contributed by atoms with Crippen LogP contribution in [0.15, 0.2) is 36.4 Å². The molecule has 1 aromatic carbocycles. The van der Waals surface area contributed by atoms with Gasteiger partial charge in [0.15, 0.2) is 0 Å². The predicted octanol–water partition coefficient (Wildman–Crippen LogP) is 3.89. The SMILES string of the molecule is CCN(Cc1ccccc1C)C(CN)c1ccc(C)s1. The third-order valence-electron chi connectivity index (χ3n) is 3.79. The molecule has 2 rings (SSSR count). The van der Waals surface area contributed by atoms with E-state index in [0.29, 0.717) is 12.6 Å². The molecule has 0 aliphatic heterocycles. The van der Waals surface area contributed by atoms with Crippen molar-refractivity contribution >= 4 is 11.3 Å². The van der Waals surface area contributed by atoms with E-state index in [1.807, 2.05) is 11.3 Å². The van der Waals surface area contributed by atoms with E-state index in [0.717, 1.165) is 13.1 Å². The molecule has 0 aliphatic carbocycles. The average Bonchev–Trinajstić information content (AvgIpc) is 2.87. The molecule has 0 bridgehead atoms. The first-order chi connectivity index (χ1) is 9.65. The third kappa shape index (κ3) is 3.48. The van der Waals surface area contributed by atoms with E-state index < -0.39 is 0 Å². The molecule has 0 saturated carbocycles. The first-order valence-corrected chi connectivity index (χ1v) is 8.02. The number of nitrogens with zero attached hydrogens (tertiary/aromatic N) is 1. The van der Waals surface area contributed by atoms with Gasteiger partial charge in [-0.1, -0.05) is 31.2 Å². The summed E-state index contributed by atoms with van der Waals surface area (Å²) < 4.78 is 0. The second-order valence-electron chi connectivity index (χ2n) is 5.19. The molecule has 0 radical (unpaired) electrons. The van der Waals surface area contributed by atoms with Gasteiger partial charge in [-0.2, -0.15) is 0 Å². The molecule has 1 unspecified atom stereocenters. The maximum atomic E-state index is 6.05. The first-order valence-electron chi connectivity index (χ1n) is 7.20. The summed E-state index contributed by atoms with van der Waals surface area (Å²) in [7, 11) is 0. The fourth-order valence-corrected chi connectivity index (χ4v) is 3.55. The Morgan fingerprint density at radius 3 is 2.45 bits per heavy atom. The smallest absolute Gasteiger partial charge is 0.0567 e. The van der Waals surface area contributed by atoms with Gasteiger partial charge in [-0.05, 0) is 43.7 Å². The van der Waals surface area contributed by atoms with Crippen LogP contribution >= 0.6 is 11.3 Å². The summed E-state index contributed by atoms with van der Waals surface area (Å²) in [5.41, 5.74) is 8.79. The van der Waals surface area contributed by atoms with Crippen LogP contribution in [0, 0.1) is 13.8 Å². The van der Waals surface area contributed by atoms with E-state index in [1.165, 1.54) is 20.9 Å². The van der Waals surface area contributed by atoms with Gasteiger partial charge < -0.3 is 5.73 Å². The first kappa shape index (κ1) is 15.2. The quantitative estimate of drug-likeness (QED) is 0.874. The van der Waals surface area contributed by atoms with E-state index >= 15 is 0 Å². The summed E-state index contributed by atoms with van der Waals surface area (Å²) in [5.74, 6) is 0. The maximum absolute atomic E-state index is 6.05. The molecule has 20 heavy (non-hydrogen) atoms. The maximum Gasteiger partial charge on any atom is 0.0567 e. The van der Waals surface area contributed by atoms with Crippen molar-refractivity contribution < 1.29 is 0 Å². The zero-order valence-corrected chi connectivity index (χ0v) is 13.4. The highest BCUT2D eigenvalue weighted by Gasteiger charge is 2.19. The van der Waals surface area contributed by atoms with Crippen LogP contribution in [0.25, 0.3) is 0 Å². The number of thiophene rings is 1. The molecule has 0 spiro atoms. The Morgan fingerprint density at radius 1 is 1.15 bits per heavy atom. The molecule has 108 valence electrons. The molecular weight excluding hydrogens is 264 g/mol. The van der Waals surface area contributed by atoms with E-state index in [4.69, 9.17) is 5.73 Å². The highest BCUT2D eigenvalue weighted by Crippen LogP contribution is 2.28. The van der Waals surface area contributed by atoms with Crippen LogP contribution in [-0.2, 0) is 6.54 Å². The Bertz CT molecular complexity index is 547. The van der Waals surface area contributed by atoms with Gasteiger partial charge in [-0.15, -0.1) is 11.3 Å². The van der Waals surface area contributed by atoms with E-state index in [9.17, 15) is 0 Å². The molecule has 0 aliphatic rings. The lowest BCUT2D eigenvalue weighted by Gasteiger charge is -2.29. The van der Waals surface area contributed by atoms with Crippen molar-refractivity contribution in [1.29, 1.82) is 0 Å². The lowest BCUT2D eigenvalue weighted by molar-refractivity contribution is 0.206. The summed E-state index contributed by atoms with van der Waals surface area (Å²) in [6.45, 7) is 9.17. The van der Waals surface area contributed by atoms with Crippen molar-refractivity contribution in [2.24, 2.45) is 5.73 Å². The summed E-state index contributed by atoms with van der Waals surface area (Å²) in [5, 5.41) is 0. The molecular formula is C17H24N2S. The summed E-state index contributed by atoms with van der Waals surface area (Å²) >= 11 is 1.86. The van der Waals surface area contributed by atoms with Crippen LogP contribution in [0.5, 0.6) is 0 Å². The van der Waals surface area contributed by atoms with Gasteiger partial charge in [0, 0.05) is 22.8 Å². The van der Waals surface area contributed by atoms with Gasteiger partial charge in [0.05, 0.1) is 6.04 Å². The second-order valence-corrected chi connectivity index (χ2v) is 6.51. The molecule has 0 amide bonds. The molecule has 0 saturated heterocycles. The Balaban J connectivity index is 2.20. The number of aryl methyl sites for hydroxylation is 2. The highest BCUT2D eigenvalue weighted by atomic mass is 32.1. The van der Waals surface area contributed by atoms with Crippen molar-refractivity contribution in [3.63, 3.8) is 0 Å². The summed E-state index contributed by atoms with van der Waals surface area (Å²) in [4.78, 5) is 5.19. The zero-order chi connectivity index (χ0) is 14.5. The lowest BCUT2D eigenvalue weighted by Crippen LogP contribution is -2.33. The molecule has 3 heteroatoms. The van der Waals surface area contributed by atoms with Gasteiger partial charge in [0.1, 0.15) is 0 Å². The summed E-state index contributed by atoms with van der Waals surface area (Å²) in [6.07, 6.45) is 0. The van der Waals surface area contributed by atoms with Crippen LogP contribution in [0.4, 0.5) is 0 Å². The molecule has 1 heterocycles. The van der Waals surface area contributed by atoms with Gasteiger partial charge in [0.2, 0.25) is 0 Å². The van der Waals surface area contributed by atoms with Crippen LogP contribution in [0.2, 0.25) is 0 Å². The minimum atomic E-state index is 0.318. The van der Waals surface area contributed by atoms with E-state index in [-0.39, 0.29) is 0 Å². The highest BCUT2D eigenvalue weighted by molar-refractivity contribution is 7.12. The zero-order valence-electron chi connectivity index (χ0n) is 12.6. The van der Waals surface area contributed by atoms with Crippen LogP contribution in [0.1, 0.15) is 33.8 Å². The van der Waals surface area contributed by atoms with Crippen molar-refractivity contribution in [1.82, 2.24) is 4.90 Å². The van der Waals surface area contributed by atoms with Gasteiger partial charge >= 0.3 is 0 Å². The number of benzene rings is 1. The molecule has 2 aromatic rings.